The van der Waals surface area contributed by atoms with E-state index < -0.39 is 11.0 Å². The van der Waals surface area contributed by atoms with Gasteiger partial charge in [0.05, 0.1) is 5.41 Å². The minimum atomic E-state index is -0.523. The third-order valence-electron chi connectivity index (χ3n) is 4.73. The number of rotatable bonds is 5. The van der Waals surface area contributed by atoms with Crippen LogP contribution in [0.5, 0.6) is 0 Å². The van der Waals surface area contributed by atoms with Crippen LogP contribution in [0.3, 0.4) is 0 Å². The molecular formula is C16H32N2O. The number of amides is 1. The van der Waals surface area contributed by atoms with E-state index in [9.17, 15) is 4.79 Å². The molecule has 0 aromatic rings. The molecule has 2 N–H and O–H groups in total. The van der Waals surface area contributed by atoms with Crippen molar-refractivity contribution in [2.45, 2.75) is 78.8 Å². The van der Waals surface area contributed by atoms with Crippen LogP contribution < -0.4 is 5.73 Å². The molecule has 1 aliphatic rings. The van der Waals surface area contributed by atoms with Gasteiger partial charge < -0.3 is 10.6 Å². The summed E-state index contributed by atoms with van der Waals surface area (Å²) in [7, 11) is 0. The molecule has 3 heteroatoms. The molecule has 0 radical (unpaired) electrons. The lowest BCUT2D eigenvalue weighted by Gasteiger charge is -2.43. The molecule has 0 saturated heterocycles. The Balaban J connectivity index is 2.93. The van der Waals surface area contributed by atoms with Gasteiger partial charge >= 0.3 is 0 Å². The van der Waals surface area contributed by atoms with E-state index >= 15 is 0 Å². The van der Waals surface area contributed by atoms with Crippen molar-refractivity contribution in [3.05, 3.63) is 0 Å². The zero-order chi connectivity index (χ0) is 14.8. The molecule has 1 amide bonds. The van der Waals surface area contributed by atoms with Crippen molar-refractivity contribution < 1.29 is 4.79 Å². The predicted octanol–water partition coefficient (Wildman–Crippen LogP) is 3.18. The summed E-state index contributed by atoms with van der Waals surface area (Å²) in [5.74, 6) is 0.724. The molecule has 1 fully saturated rings. The average molecular weight is 268 g/mol. The number of nitrogens with zero attached hydrogens (tertiary/aromatic N) is 1. The lowest BCUT2D eigenvalue weighted by molar-refractivity contribution is -0.146. The summed E-state index contributed by atoms with van der Waals surface area (Å²) in [5.41, 5.74) is 5.21. The Hall–Kier alpha value is -0.570. The Morgan fingerprint density at radius 3 is 2.05 bits per heavy atom. The van der Waals surface area contributed by atoms with Gasteiger partial charge in [-0.25, -0.2) is 0 Å². The molecule has 0 bridgehead atoms. The van der Waals surface area contributed by atoms with Crippen molar-refractivity contribution in [1.29, 1.82) is 0 Å². The molecule has 0 aliphatic heterocycles. The first-order chi connectivity index (χ1) is 8.57. The molecule has 112 valence electrons. The van der Waals surface area contributed by atoms with Crippen molar-refractivity contribution in [2.24, 2.45) is 17.1 Å². The second-order valence-electron chi connectivity index (χ2n) is 7.64. The molecule has 0 unspecified atom stereocenters. The second kappa shape index (κ2) is 5.82. The highest BCUT2D eigenvalue weighted by atomic mass is 16.2. The van der Waals surface area contributed by atoms with Gasteiger partial charge in [-0.15, -0.1) is 0 Å². The van der Waals surface area contributed by atoms with Crippen LogP contribution in [-0.2, 0) is 4.79 Å². The summed E-state index contributed by atoms with van der Waals surface area (Å²) < 4.78 is 0. The first-order valence-corrected chi connectivity index (χ1v) is 7.67. The Kier molecular flexibility index (Phi) is 5.05. The average Bonchev–Trinajstić information content (AvgIpc) is 2.76. The lowest BCUT2D eigenvalue weighted by atomic mass is 9.73. The molecule has 19 heavy (non-hydrogen) atoms. The maximum Gasteiger partial charge on any atom is 0.230 e. The van der Waals surface area contributed by atoms with Gasteiger partial charge in [0.1, 0.15) is 0 Å². The van der Waals surface area contributed by atoms with E-state index in [1.165, 1.54) is 12.8 Å². The van der Waals surface area contributed by atoms with Crippen LogP contribution in [0.4, 0.5) is 0 Å². The van der Waals surface area contributed by atoms with E-state index in [1.54, 1.807) is 0 Å². The maximum atomic E-state index is 13.0. The van der Waals surface area contributed by atoms with Crippen molar-refractivity contribution in [3.8, 4) is 0 Å². The van der Waals surface area contributed by atoms with Crippen molar-refractivity contribution in [3.63, 3.8) is 0 Å². The van der Waals surface area contributed by atoms with Crippen LogP contribution in [0.25, 0.3) is 0 Å². The standard InChI is InChI=1S/C16H32N2O/c1-12(2)11-18(13-9-7-8-10-13)14(19)15(3,4)16(5,6)17/h12-13H,7-11,17H2,1-6H3. The highest BCUT2D eigenvalue weighted by Crippen LogP contribution is 2.34. The molecule has 0 atom stereocenters. The van der Waals surface area contributed by atoms with Gasteiger partial charge in [0, 0.05) is 18.1 Å². The zero-order valence-electron chi connectivity index (χ0n) is 13.6. The van der Waals surface area contributed by atoms with Gasteiger partial charge in [0.2, 0.25) is 5.91 Å². The van der Waals surface area contributed by atoms with Crippen molar-refractivity contribution in [2.75, 3.05) is 6.54 Å². The van der Waals surface area contributed by atoms with Crippen LogP contribution in [0.15, 0.2) is 0 Å². The smallest absolute Gasteiger partial charge is 0.230 e. The number of carbonyl (C=O) groups is 1. The highest BCUT2D eigenvalue weighted by Gasteiger charge is 2.44. The zero-order valence-corrected chi connectivity index (χ0v) is 13.6. The SMILES string of the molecule is CC(C)CN(C(=O)C(C)(C)C(C)(C)N)C1CCCC1. The quantitative estimate of drug-likeness (QED) is 0.832. The van der Waals surface area contributed by atoms with Crippen LogP contribution >= 0.6 is 0 Å². The van der Waals surface area contributed by atoms with E-state index in [0.29, 0.717) is 12.0 Å². The fourth-order valence-electron chi connectivity index (χ4n) is 2.64. The topological polar surface area (TPSA) is 46.3 Å². The van der Waals surface area contributed by atoms with Crippen LogP contribution in [-0.4, -0.2) is 28.9 Å². The van der Waals surface area contributed by atoms with Crippen LogP contribution in [0.1, 0.15) is 67.2 Å². The van der Waals surface area contributed by atoms with Gasteiger partial charge in [-0.3, -0.25) is 4.79 Å². The second-order valence-corrected chi connectivity index (χ2v) is 7.64. The van der Waals surface area contributed by atoms with E-state index in [2.05, 4.69) is 18.7 Å². The Labute approximate surface area is 118 Å². The van der Waals surface area contributed by atoms with Crippen molar-refractivity contribution >= 4 is 5.91 Å². The van der Waals surface area contributed by atoms with E-state index in [-0.39, 0.29) is 5.91 Å². The Morgan fingerprint density at radius 2 is 1.68 bits per heavy atom. The molecule has 3 nitrogen and oxygen atoms in total. The summed E-state index contributed by atoms with van der Waals surface area (Å²) in [5, 5.41) is 0. The number of hydrogen-bond acceptors (Lipinski definition) is 2. The largest absolute Gasteiger partial charge is 0.339 e. The summed E-state index contributed by atoms with van der Waals surface area (Å²) in [4.78, 5) is 15.1. The van der Waals surface area contributed by atoms with E-state index in [4.69, 9.17) is 5.73 Å². The number of carbonyl (C=O) groups excluding carboxylic acids is 1. The van der Waals surface area contributed by atoms with Gasteiger partial charge in [0.15, 0.2) is 0 Å². The lowest BCUT2D eigenvalue weighted by Crippen LogP contribution is -2.58. The minimum absolute atomic E-state index is 0.223. The molecule has 0 aromatic heterocycles. The molecular weight excluding hydrogens is 236 g/mol. The first kappa shape index (κ1) is 16.5. The van der Waals surface area contributed by atoms with Gasteiger partial charge in [0.25, 0.3) is 0 Å². The molecule has 0 heterocycles. The summed E-state index contributed by atoms with van der Waals surface area (Å²) in [6.07, 6.45) is 4.80. The Bertz CT molecular complexity index is 309. The van der Waals surface area contributed by atoms with Crippen molar-refractivity contribution in [1.82, 2.24) is 4.90 Å². The first-order valence-electron chi connectivity index (χ1n) is 7.67. The number of hydrogen-bond donors (Lipinski definition) is 1. The molecule has 1 saturated carbocycles. The van der Waals surface area contributed by atoms with E-state index in [1.807, 2.05) is 27.7 Å². The monoisotopic (exact) mass is 268 g/mol. The molecule has 1 rings (SSSR count). The fraction of sp³-hybridized carbons (Fsp3) is 0.938. The van der Waals surface area contributed by atoms with Gasteiger partial charge in [-0.1, -0.05) is 26.7 Å². The molecule has 1 aliphatic carbocycles. The summed E-state index contributed by atoms with van der Waals surface area (Å²) in [6.45, 7) is 13.1. The molecule has 0 spiro atoms. The van der Waals surface area contributed by atoms with Gasteiger partial charge in [-0.2, -0.15) is 0 Å². The van der Waals surface area contributed by atoms with E-state index in [0.717, 1.165) is 19.4 Å². The number of nitrogens with two attached hydrogens (primary N) is 1. The third-order valence-corrected chi connectivity index (χ3v) is 4.73. The highest BCUT2D eigenvalue weighted by molar-refractivity contribution is 5.83. The fourth-order valence-corrected chi connectivity index (χ4v) is 2.64. The maximum absolute atomic E-state index is 13.0. The normalized spacial score (nSPS) is 18.1. The minimum Gasteiger partial charge on any atom is -0.339 e. The van der Waals surface area contributed by atoms with Crippen LogP contribution in [0.2, 0.25) is 0 Å². The third kappa shape index (κ3) is 3.71. The summed E-state index contributed by atoms with van der Waals surface area (Å²) >= 11 is 0. The summed E-state index contributed by atoms with van der Waals surface area (Å²) in [6, 6.07) is 0.427. The molecule has 0 aromatic carbocycles. The van der Waals surface area contributed by atoms with Gasteiger partial charge in [-0.05, 0) is 46.5 Å². The van der Waals surface area contributed by atoms with Crippen LogP contribution in [0, 0.1) is 11.3 Å². The Morgan fingerprint density at radius 1 is 1.21 bits per heavy atom. The predicted molar refractivity (Wildman–Crippen MR) is 80.9 cm³/mol.